The molecular weight excluding hydrogens is 306 g/mol. The minimum atomic E-state index is -3.53. The second-order valence-corrected chi connectivity index (χ2v) is 7.55. The van der Waals surface area contributed by atoms with Crippen molar-refractivity contribution in [2.45, 2.75) is 30.2 Å². The van der Waals surface area contributed by atoms with Crippen LogP contribution >= 0.6 is 11.6 Å². The number of halogens is 1. The zero-order chi connectivity index (χ0) is 15.1. The molecule has 0 bridgehead atoms. The van der Waals surface area contributed by atoms with Crippen molar-refractivity contribution < 1.29 is 8.42 Å². The van der Waals surface area contributed by atoms with Crippen LogP contribution in [0.2, 0.25) is 5.02 Å². The minimum Gasteiger partial charge on any atom is -0.207 e. The van der Waals surface area contributed by atoms with E-state index in [0.29, 0.717) is 9.92 Å². The summed E-state index contributed by atoms with van der Waals surface area (Å²) in [4.78, 5) is 0.338. The van der Waals surface area contributed by atoms with E-state index in [9.17, 15) is 8.42 Å². The highest BCUT2D eigenvalue weighted by molar-refractivity contribution is 7.89. The maximum atomic E-state index is 12.6. The van der Waals surface area contributed by atoms with Gasteiger partial charge in [0.15, 0.2) is 0 Å². The zero-order valence-corrected chi connectivity index (χ0v) is 13.2. The molecule has 21 heavy (non-hydrogen) atoms. The van der Waals surface area contributed by atoms with Crippen LogP contribution in [0.25, 0.3) is 0 Å². The van der Waals surface area contributed by atoms with Crippen molar-refractivity contribution in [2.24, 2.45) is 0 Å². The predicted octanol–water partition coefficient (Wildman–Crippen LogP) is 3.62. The third kappa shape index (κ3) is 2.84. The van der Waals surface area contributed by atoms with Crippen molar-refractivity contribution in [3.8, 4) is 0 Å². The van der Waals surface area contributed by atoms with Gasteiger partial charge >= 0.3 is 0 Å². The first kappa shape index (κ1) is 14.6. The highest BCUT2D eigenvalue weighted by atomic mass is 35.5. The Balaban J connectivity index is 1.93. The lowest BCUT2D eigenvalue weighted by Gasteiger charge is -2.19. The summed E-state index contributed by atoms with van der Waals surface area (Å²) in [5, 5.41) is 0.649. The summed E-state index contributed by atoms with van der Waals surface area (Å²) in [6.45, 7) is 1.80. The Morgan fingerprint density at radius 1 is 1.05 bits per heavy atom. The van der Waals surface area contributed by atoms with E-state index in [0.717, 1.165) is 24.0 Å². The Labute approximate surface area is 130 Å². The van der Waals surface area contributed by atoms with E-state index in [1.54, 1.807) is 37.3 Å². The van der Waals surface area contributed by atoms with E-state index in [4.69, 9.17) is 11.6 Å². The number of rotatable bonds is 4. The molecule has 2 aromatic rings. The molecule has 0 heterocycles. The summed E-state index contributed by atoms with van der Waals surface area (Å²) in [5.74, 6) is 0. The van der Waals surface area contributed by atoms with E-state index in [-0.39, 0.29) is 0 Å². The molecule has 0 aromatic heterocycles. The topological polar surface area (TPSA) is 46.2 Å². The standard InChI is InChI=1S/C16H16ClNO2S/c1-12-4-2-3-5-15(12)21(19,20)18-16(10-11-16)13-6-8-14(17)9-7-13/h2-9,18H,10-11H2,1H3. The Morgan fingerprint density at radius 3 is 2.24 bits per heavy atom. The van der Waals surface area contributed by atoms with Crippen molar-refractivity contribution in [3.63, 3.8) is 0 Å². The van der Waals surface area contributed by atoms with Crippen LogP contribution < -0.4 is 4.72 Å². The molecule has 0 atom stereocenters. The summed E-state index contributed by atoms with van der Waals surface area (Å²) in [5.41, 5.74) is 1.23. The summed E-state index contributed by atoms with van der Waals surface area (Å²) in [7, 11) is -3.53. The van der Waals surface area contributed by atoms with E-state index in [2.05, 4.69) is 4.72 Å². The number of aryl methyl sites for hydroxylation is 1. The number of benzene rings is 2. The van der Waals surface area contributed by atoms with Crippen LogP contribution in [0.3, 0.4) is 0 Å². The van der Waals surface area contributed by atoms with Gasteiger partial charge in [0.25, 0.3) is 0 Å². The summed E-state index contributed by atoms with van der Waals surface area (Å²) >= 11 is 5.89. The van der Waals surface area contributed by atoms with Gasteiger partial charge in [0.1, 0.15) is 0 Å². The molecular formula is C16H16ClNO2S. The smallest absolute Gasteiger partial charge is 0.207 e. The fourth-order valence-electron chi connectivity index (χ4n) is 2.51. The molecule has 0 unspecified atom stereocenters. The van der Waals surface area contributed by atoms with Gasteiger partial charge in [-0.05, 0) is 49.1 Å². The fraction of sp³-hybridized carbons (Fsp3) is 0.250. The lowest BCUT2D eigenvalue weighted by atomic mass is 10.1. The molecule has 1 N–H and O–H groups in total. The molecule has 1 aliphatic rings. The van der Waals surface area contributed by atoms with Crippen molar-refractivity contribution >= 4 is 21.6 Å². The van der Waals surface area contributed by atoms with Crippen molar-refractivity contribution in [1.29, 1.82) is 0 Å². The summed E-state index contributed by atoms with van der Waals surface area (Å²) < 4.78 is 28.1. The van der Waals surface area contributed by atoms with Gasteiger partial charge in [-0.15, -0.1) is 0 Å². The maximum Gasteiger partial charge on any atom is 0.241 e. The van der Waals surface area contributed by atoms with Crippen LogP contribution in [-0.4, -0.2) is 8.42 Å². The van der Waals surface area contributed by atoms with Crippen molar-refractivity contribution in [2.75, 3.05) is 0 Å². The largest absolute Gasteiger partial charge is 0.241 e. The molecule has 0 radical (unpaired) electrons. The van der Waals surface area contributed by atoms with E-state index < -0.39 is 15.6 Å². The van der Waals surface area contributed by atoms with Gasteiger partial charge in [0.05, 0.1) is 10.4 Å². The number of nitrogens with one attached hydrogen (secondary N) is 1. The van der Waals surface area contributed by atoms with Crippen LogP contribution in [0.5, 0.6) is 0 Å². The Morgan fingerprint density at radius 2 is 1.67 bits per heavy atom. The minimum absolute atomic E-state index is 0.338. The van der Waals surface area contributed by atoms with Crippen LogP contribution in [-0.2, 0) is 15.6 Å². The second kappa shape index (κ2) is 5.13. The number of sulfonamides is 1. The monoisotopic (exact) mass is 321 g/mol. The first-order valence-corrected chi connectivity index (χ1v) is 8.65. The molecule has 5 heteroatoms. The first-order chi connectivity index (χ1) is 9.93. The number of hydrogen-bond acceptors (Lipinski definition) is 2. The normalized spacial score (nSPS) is 16.7. The molecule has 3 nitrogen and oxygen atoms in total. The molecule has 1 saturated carbocycles. The van der Waals surface area contributed by atoms with E-state index >= 15 is 0 Å². The van der Waals surface area contributed by atoms with Crippen LogP contribution in [0.4, 0.5) is 0 Å². The van der Waals surface area contributed by atoms with Gasteiger partial charge in [0, 0.05) is 5.02 Å². The molecule has 2 aromatic carbocycles. The highest BCUT2D eigenvalue weighted by Crippen LogP contribution is 2.46. The molecule has 0 amide bonds. The Hall–Kier alpha value is -1.36. The molecule has 110 valence electrons. The third-order valence-corrected chi connectivity index (χ3v) is 5.81. The first-order valence-electron chi connectivity index (χ1n) is 6.79. The average Bonchev–Trinajstić information content (AvgIpc) is 3.19. The maximum absolute atomic E-state index is 12.6. The highest BCUT2D eigenvalue weighted by Gasteiger charge is 2.47. The predicted molar refractivity (Wildman–Crippen MR) is 83.9 cm³/mol. The average molecular weight is 322 g/mol. The van der Waals surface area contributed by atoms with Crippen molar-refractivity contribution in [1.82, 2.24) is 4.72 Å². The SMILES string of the molecule is Cc1ccccc1S(=O)(=O)NC1(c2ccc(Cl)cc2)CC1. The molecule has 0 aliphatic heterocycles. The lowest BCUT2D eigenvalue weighted by Crippen LogP contribution is -2.35. The molecule has 3 rings (SSSR count). The van der Waals surface area contributed by atoms with Crippen molar-refractivity contribution in [3.05, 3.63) is 64.7 Å². The molecule has 1 fully saturated rings. The van der Waals surface area contributed by atoms with Crippen LogP contribution in [0.15, 0.2) is 53.4 Å². The molecule has 1 aliphatic carbocycles. The summed E-state index contributed by atoms with van der Waals surface area (Å²) in [6.07, 6.45) is 1.61. The van der Waals surface area contributed by atoms with Gasteiger partial charge in [-0.2, -0.15) is 0 Å². The molecule has 0 spiro atoms. The zero-order valence-electron chi connectivity index (χ0n) is 11.6. The summed E-state index contributed by atoms with van der Waals surface area (Å²) in [6, 6.07) is 14.4. The van der Waals surface area contributed by atoms with Crippen LogP contribution in [0.1, 0.15) is 24.0 Å². The van der Waals surface area contributed by atoms with E-state index in [1.165, 1.54) is 0 Å². The second-order valence-electron chi connectivity index (χ2n) is 5.46. The van der Waals surface area contributed by atoms with Crippen LogP contribution in [0, 0.1) is 6.92 Å². The van der Waals surface area contributed by atoms with Gasteiger partial charge in [0.2, 0.25) is 10.0 Å². The lowest BCUT2D eigenvalue weighted by molar-refractivity contribution is 0.551. The number of hydrogen-bond donors (Lipinski definition) is 1. The third-order valence-electron chi connectivity index (χ3n) is 3.86. The molecule has 0 saturated heterocycles. The van der Waals surface area contributed by atoms with E-state index in [1.807, 2.05) is 18.2 Å². The quantitative estimate of drug-likeness (QED) is 0.935. The van der Waals surface area contributed by atoms with Gasteiger partial charge < -0.3 is 0 Å². The van der Waals surface area contributed by atoms with Gasteiger partial charge in [-0.1, -0.05) is 41.9 Å². The van der Waals surface area contributed by atoms with Gasteiger partial charge in [-0.3, -0.25) is 0 Å². The Bertz CT molecular complexity index is 765. The Kier molecular flexibility index (Phi) is 3.56. The van der Waals surface area contributed by atoms with Gasteiger partial charge in [-0.25, -0.2) is 13.1 Å². The fourth-order valence-corrected chi connectivity index (χ4v) is 4.34.